The molecule has 1 aromatic carbocycles. The van der Waals surface area contributed by atoms with Crippen LogP contribution in [0.3, 0.4) is 0 Å². The summed E-state index contributed by atoms with van der Waals surface area (Å²) in [7, 11) is 0. The van der Waals surface area contributed by atoms with E-state index in [9.17, 15) is 0 Å². The number of nitrogens with two attached hydrogens (primary N) is 1. The molecule has 0 radical (unpaired) electrons. The topological polar surface area (TPSA) is 35.2 Å². The van der Waals surface area contributed by atoms with Crippen molar-refractivity contribution in [2.75, 3.05) is 6.61 Å². The Morgan fingerprint density at radius 3 is 2.93 bits per heavy atom. The Kier molecular flexibility index (Phi) is 3.27. The molecule has 2 heteroatoms. The number of hydrogen-bond donors (Lipinski definition) is 1. The minimum atomic E-state index is 0.212. The minimum absolute atomic E-state index is 0.212. The van der Waals surface area contributed by atoms with Gasteiger partial charge in [-0.05, 0) is 49.8 Å². The van der Waals surface area contributed by atoms with Gasteiger partial charge in [-0.15, -0.1) is 0 Å². The third kappa shape index (κ3) is 3.56. The molecule has 1 atom stereocenters. The van der Waals surface area contributed by atoms with Crippen LogP contribution in [0, 0.1) is 5.92 Å². The molecule has 0 aromatic heterocycles. The highest BCUT2D eigenvalue weighted by Gasteiger charge is 2.21. The summed E-state index contributed by atoms with van der Waals surface area (Å²) in [5.74, 6) is 1.79. The van der Waals surface area contributed by atoms with Crippen molar-refractivity contribution < 1.29 is 4.74 Å². The van der Waals surface area contributed by atoms with Gasteiger partial charge in [0.05, 0.1) is 6.61 Å². The van der Waals surface area contributed by atoms with Crippen molar-refractivity contribution >= 4 is 0 Å². The second-order valence-electron chi connectivity index (χ2n) is 4.58. The van der Waals surface area contributed by atoms with Crippen LogP contribution in [0.25, 0.3) is 0 Å². The maximum Gasteiger partial charge on any atom is 0.119 e. The molecule has 0 amide bonds. The molecule has 1 aromatic rings. The summed E-state index contributed by atoms with van der Waals surface area (Å²) < 4.78 is 5.71. The molecule has 15 heavy (non-hydrogen) atoms. The highest BCUT2D eigenvalue weighted by molar-refractivity contribution is 5.29. The molecule has 2 nitrogen and oxygen atoms in total. The Morgan fingerprint density at radius 2 is 2.27 bits per heavy atom. The monoisotopic (exact) mass is 205 g/mol. The molecule has 0 aliphatic heterocycles. The molecule has 0 bridgehead atoms. The van der Waals surface area contributed by atoms with Crippen molar-refractivity contribution in [2.24, 2.45) is 11.7 Å². The van der Waals surface area contributed by atoms with Crippen LogP contribution in [-0.4, -0.2) is 12.6 Å². The van der Waals surface area contributed by atoms with Gasteiger partial charge in [0.25, 0.3) is 0 Å². The minimum Gasteiger partial charge on any atom is -0.493 e. The molecule has 0 spiro atoms. The van der Waals surface area contributed by atoms with E-state index in [1.807, 2.05) is 19.1 Å². The largest absolute Gasteiger partial charge is 0.493 e. The summed E-state index contributed by atoms with van der Waals surface area (Å²) in [6.45, 7) is 2.90. The lowest BCUT2D eigenvalue weighted by Gasteiger charge is -2.08. The van der Waals surface area contributed by atoms with E-state index in [1.165, 1.54) is 18.4 Å². The van der Waals surface area contributed by atoms with Gasteiger partial charge in [0.15, 0.2) is 0 Å². The first-order valence-electron chi connectivity index (χ1n) is 5.71. The Balaban J connectivity index is 1.91. The molecular weight excluding hydrogens is 186 g/mol. The smallest absolute Gasteiger partial charge is 0.119 e. The van der Waals surface area contributed by atoms with Crippen LogP contribution in [0.5, 0.6) is 5.75 Å². The van der Waals surface area contributed by atoms with Crippen LogP contribution in [-0.2, 0) is 6.42 Å². The molecule has 2 N–H and O–H groups in total. The molecule has 1 fully saturated rings. The van der Waals surface area contributed by atoms with Gasteiger partial charge < -0.3 is 10.5 Å². The van der Waals surface area contributed by atoms with Gasteiger partial charge in [0, 0.05) is 6.04 Å². The van der Waals surface area contributed by atoms with Crippen LogP contribution < -0.4 is 10.5 Å². The van der Waals surface area contributed by atoms with Gasteiger partial charge in [0.2, 0.25) is 0 Å². The lowest BCUT2D eigenvalue weighted by molar-refractivity contribution is 0.299. The molecule has 0 heterocycles. The lowest BCUT2D eigenvalue weighted by atomic mass is 10.1. The predicted molar refractivity (Wildman–Crippen MR) is 62.0 cm³/mol. The van der Waals surface area contributed by atoms with E-state index >= 15 is 0 Å². The fraction of sp³-hybridized carbons (Fsp3) is 0.538. The first-order chi connectivity index (χ1) is 7.24. The summed E-state index contributed by atoms with van der Waals surface area (Å²) in [6, 6.07) is 8.48. The standard InChI is InChI=1S/C13H19NO/c1-10(14)7-12-3-2-4-13(8-12)15-9-11-5-6-11/h2-4,8,10-11H,5-7,9,14H2,1H3. The summed E-state index contributed by atoms with van der Waals surface area (Å²) >= 11 is 0. The molecule has 82 valence electrons. The first-order valence-corrected chi connectivity index (χ1v) is 5.71. The average Bonchev–Trinajstić information content (AvgIpc) is 2.97. The third-order valence-corrected chi connectivity index (χ3v) is 2.64. The van der Waals surface area contributed by atoms with Crippen LogP contribution >= 0.6 is 0 Å². The molecular formula is C13H19NO. The normalized spacial score (nSPS) is 17.5. The molecule has 1 unspecified atom stereocenters. The van der Waals surface area contributed by atoms with Gasteiger partial charge in [-0.3, -0.25) is 0 Å². The second-order valence-corrected chi connectivity index (χ2v) is 4.58. The lowest BCUT2D eigenvalue weighted by Crippen LogP contribution is -2.17. The van der Waals surface area contributed by atoms with Crippen molar-refractivity contribution in [3.63, 3.8) is 0 Å². The average molecular weight is 205 g/mol. The van der Waals surface area contributed by atoms with E-state index < -0.39 is 0 Å². The maximum absolute atomic E-state index is 5.77. The predicted octanol–water partition coefficient (Wildman–Crippen LogP) is 2.37. The maximum atomic E-state index is 5.77. The van der Waals surface area contributed by atoms with Gasteiger partial charge in [0.1, 0.15) is 5.75 Å². The summed E-state index contributed by atoms with van der Waals surface area (Å²) in [6.07, 6.45) is 3.58. The van der Waals surface area contributed by atoms with E-state index in [0.717, 1.165) is 24.7 Å². The van der Waals surface area contributed by atoms with E-state index in [1.54, 1.807) is 0 Å². The molecule has 0 saturated heterocycles. The van der Waals surface area contributed by atoms with Gasteiger partial charge in [-0.25, -0.2) is 0 Å². The van der Waals surface area contributed by atoms with Crippen molar-refractivity contribution in [3.8, 4) is 5.75 Å². The molecule has 1 saturated carbocycles. The Hall–Kier alpha value is -1.02. The molecule has 1 aliphatic carbocycles. The molecule has 2 rings (SSSR count). The SMILES string of the molecule is CC(N)Cc1cccc(OCC2CC2)c1. The zero-order valence-corrected chi connectivity index (χ0v) is 9.28. The van der Waals surface area contributed by atoms with Crippen LogP contribution in [0.1, 0.15) is 25.3 Å². The Bertz CT molecular complexity index is 318. The Labute approximate surface area is 91.4 Å². The zero-order chi connectivity index (χ0) is 10.7. The highest BCUT2D eigenvalue weighted by Crippen LogP contribution is 2.29. The number of hydrogen-bond acceptors (Lipinski definition) is 2. The summed E-state index contributed by atoms with van der Waals surface area (Å²) in [5, 5.41) is 0. The van der Waals surface area contributed by atoms with E-state index in [-0.39, 0.29) is 6.04 Å². The summed E-state index contributed by atoms with van der Waals surface area (Å²) in [4.78, 5) is 0. The van der Waals surface area contributed by atoms with Crippen molar-refractivity contribution in [2.45, 2.75) is 32.2 Å². The Morgan fingerprint density at radius 1 is 1.47 bits per heavy atom. The number of ether oxygens (including phenoxy) is 1. The van der Waals surface area contributed by atoms with Crippen LogP contribution in [0.4, 0.5) is 0 Å². The van der Waals surface area contributed by atoms with Gasteiger partial charge in [-0.2, -0.15) is 0 Å². The van der Waals surface area contributed by atoms with Gasteiger partial charge >= 0.3 is 0 Å². The first kappa shape index (κ1) is 10.5. The fourth-order valence-electron chi connectivity index (χ4n) is 1.63. The van der Waals surface area contributed by atoms with E-state index in [2.05, 4.69) is 12.1 Å². The number of rotatable bonds is 5. The third-order valence-electron chi connectivity index (χ3n) is 2.64. The van der Waals surface area contributed by atoms with Crippen LogP contribution in [0.2, 0.25) is 0 Å². The van der Waals surface area contributed by atoms with Crippen molar-refractivity contribution in [1.29, 1.82) is 0 Å². The van der Waals surface area contributed by atoms with Gasteiger partial charge in [-0.1, -0.05) is 12.1 Å². The van der Waals surface area contributed by atoms with E-state index in [4.69, 9.17) is 10.5 Å². The van der Waals surface area contributed by atoms with E-state index in [0.29, 0.717) is 0 Å². The number of benzene rings is 1. The van der Waals surface area contributed by atoms with Crippen molar-refractivity contribution in [1.82, 2.24) is 0 Å². The zero-order valence-electron chi connectivity index (χ0n) is 9.28. The second kappa shape index (κ2) is 4.67. The fourth-order valence-corrected chi connectivity index (χ4v) is 1.63. The molecule has 1 aliphatic rings. The summed E-state index contributed by atoms with van der Waals surface area (Å²) in [5.41, 5.74) is 7.03. The highest BCUT2D eigenvalue weighted by atomic mass is 16.5. The van der Waals surface area contributed by atoms with Crippen LogP contribution in [0.15, 0.2) is 24.3 Å². The quantitative estimate of drug-likeness (QED) is 0.801. The van der Waals surface area contributed by atoms with Crippen molar-refractivity contribution in [3.05, 3.63) is 29.8 Å².